The van der Waals surface area contributed by atoms with E-state index < -0.39 is 0 Å². The minimum absolute atomic E-state index is 0.189. The average Bonchev–Trinajstić information content (AvgIpc) is 3.17. The summed E-state index contributed by atoms with van der Waals surface area (Å²) in [7, 11) is 0. The van der Waals surface area contributed by atoms with Crippen molar-refractivity contribution in [1.29, 1.82) is 0 Å². The number of H-pyrrole nitrogens is 1. The van der Waals surface area contributed by atoms with Gasteiger partial charge in [-0.2, -0.15) is 5.10 Å². The van der Waals surface area contributed by atoms with Crippen LogP contribution in [0.3, 0.4) is 0 Å². The van der Waals surface area contributed by atoms with E-state index in [9.17, 15) is 9.59 Å². The van der Waals surface area contributed by atoms with E-state index in [1.54, 1.807) is 54.9 Å². The zero-order chi connectivity index (χ0) is 19.1. The first-order valence-electron chi connectivity index (χ1n) is 8.19. The lowest BCUT2D eigenvalue weighted by Crippen LogP contribution is -2.15. The van der Waals surface area contributed by atoms with Crippen molar-refractivity contribution < 1.29 is 9.59 Å². The topological polar surface area (TPSA) is 126 Å². The lowest BCUT2D eigenvalue weighted by Gasteiger charge is -2.08. The number of carbonyl (C=O) groups excluding carboxylic acids is 2. The highest BCUT2D eigenvalue weighted by molar-refractivity contribution is 6.04. The van der Waals surface area contributed by atoms with E-state index in [0.717, 1.165) is 5.56 Å². The molecule has 0 aliphatic heterocycles. The number of nitrogen functional groups attached to an aromatic ring is 1. The van der Waals surface area contributed by atoms with Crippen molar-refractivity contribution in [3.63, 3.8) is 0 Å². The van der Waals surface area contributed by atoms with Crippen molar-refractivity contribution in [2.45, 2.75) is 6.42 Å². The molecule has 0 unspecified atom stereocenters. The number of carbonyl (C=O) groups is 2. The molecule has 3 aromatic rings. The van der Waals surface area contributed by atoms with Crippen molar-refractivity contribution in [1.82, 2.24) is 15.2 Å². The summed E-state index contributed by atoms with van der Waals surface area (Å²) in [5, 5.41) is 11.9. The maximum atomic E-state index is 12.2. The van der Waals surface area contributed by atoms with Gasteiger partial charge in [-0.3, -0.25) is 14.7 Å². The zero-order valence-electron chi connectivity index (χ0n) is 14.3. The molecule has 0 atom stereocenters. The smallest absolute Gasteiger partial charge is 0.274 e. The Labute approximate surface area is 155 Å². The summed E-state index contributed by atoms with van der Waals surface area (Å²) >= 11 is 0. The Bertz CT molecular complexity index is 949. The largest absolute Gasteiger partial charge is 0.397 e. The summed E-state index contributed by atoms with van der Waals surface area (Å²) in [5.74, 6) is -0.570. The van der Waals surface area contributed by atoms with E-state index in [4.69, 9.17) is 5.73 Å². The van der Waals surface area contributed by atoms with Crippen LogP contribution < -0.4 is 16.4 Å². The first-order valence-corrected chi connectivity index (χ1v) is 8.19. The fourth-order valence-corrected chi connectivity index (χ4v) is 2.27. The lowest BCUT2D eigenvalue weighted by atomic mass is 10.2. The van der Waals surface area contributed by atoms with Crippen LogP contribution in [0.1, 0.15) is 22.5 Å². The van der Waals surface area contributed by atoms with Gasteiger partial charge in [0.25, 0.3) is 5.91 Å². The molecule has 2 aromatic heterocycles. The molecule has 0 saturated carbocycles. The van der Waals surface area contributed by atoms with Gasteiger partial charge in [-0.05, 0) is 24.3 Å². The summed E-state index contributed by atoms with van der Waals surface area (Å²) < 4.78 is 0. The number of hydrogen-bond acceptors (Lipinski definition) is 5. The molecule has 1 aromatic carbocycles. The molecule has 8 heteroatoms. The van der Waals surface area contributed by atoms with E-state index in [-0.39, 0.29) is 23.9 Å². The van der Waals surface area contributed by atoms with E-state index in [0.29, 0.717) is 17.1 Å². The maximum Gasteiger partial charge on any atom is 0.274 e. The van der Waals surface area contributed by atoms with Crippen molar-refractivity contribution >= 4 is 35.0 Å². The number of nitrogens with two attached hydrogens (primary N) is 1. The fraction of sp³-hybridized carbons (Fsp3) is 0.0526. The minimum atomic E-state index is -0.381. The number of nitrogens with zero attached hydrogens (tertiary/aromatic N) is 2. The predicted octanol–water partition coefficient (Wildman–Crippen LogP) is 2.68. The van der Waals surface area contributed by atoms with E-state index in [1.165, 1.54) is 12.3 Å². The van der Waals surface area contributed by atoms with Crippen LogP contribution in [0.25, 0.3) is 6.08 Å². The molecule has 5 N–H and O–H groups in total. The van der Waals surface area contributed by atoms with Crippen LogP contribution in [0.15, 0.2) is 61.1 Å². The Balaban J connectivity index is 1.54. The quantitative estimate of drug-likeness (QED) is 0.502. The number of para-hydroxylation sites is 2. The number of benzene rings is 1. The van der Waals surface area contributed by atoms with E-state index >= 15 is 0 Å². The number of pyridine rings is 1. The first kappa shape index (κ1) is 17.9. The van der Waals surface area contributed by atoms with Crippen molar-refractivity contribution in [3.8, 4) is 0 Å². The third-order valence-electron chi connectivity index (χ3n) is 3.62. The number of rotatable bonds is 6. The number of anilines is 3. The van der Waals surface area contributed by atoms with E-state index in [1.807, 2.05) is 0 Å². The number of aromatic nitrogens is 3. The second-order valence-corrected chi connectivity index (χ2v) is 5.66. The first-order chi connectivity index (χ1) is 13.1. The molecule has 3 rings (SSSR count). The lowest BCUT2D eigenvalue weighted by molar-refractivity contribution is -0.115. The van der Waals surface area contributed by atoms with Gasteiger partial charge in [0.1, 0.15) is 5.69 Å². The number of hydrogen-bond donors (Lipinski definition) is 4. The third kappa shape index (κ3) is 5.02. The molecule has 136 valence electrons. The van der Waals surface area contributed by atoms with Gasteiger partial charge in [-0.25, -0.2) is 4.98 Å². The number of aromatic amines is 1. The summed E-state index contributed by atoms with van der Waals surface area (Å²) in [6, 6.07) is 10.1. The zero-order valence-corrected chi connectivity index (χ0v) is 14.3. The summed E-state index contributed by atoms with van der Waals surface area (Å²) in [4.78, 5) is 28.2. The number of amides is 2. The SMILES string of the molecule is Nc1ccccc1NC(=O)c1ccc(NC(=O)C/C=C/c2cn[nH]c2)cn1. The summed E-state index contributed by atoms with van der Waals surface area (Å²) in [6.07, 6.45) is 8.56. The van der Waals surface area contributed by atoms with Gasteiger partial charge in [0, 0.05) is 18.2 Å². The Morgan fingerprint density at radius 2 is 1.96 bits per heavy atom. The van der Waals surface area contributed by atoms with Crippen LogP contribution >= 0.6 is 0 Å². The molecule has 0 bridgehead atoms. The predicted molar refractivity (Wildman–Crippen MR) is 104 cm³/mol. The fourth-order valence-electron chi connectivity index (χ4n) is 2.27. The van der Waals surface area contributed by atoms with Gasteiger partial charge >= 0.3 is 0 Å². The average molecular weight is 362 g/mol. The van der Waals surface area contributed by atoms with Crippen LogP contribution in [0.5, 0.6) is 0 Å². The van der Waals surface area contributed by atoms with Gasteiger partial charge in [-0.1, -0.05) is 24.3 Å². The van der Waals surface area contributed by atoms with Gasteiger partial charge in [0.2, 0.25) is 5.91 Å². The molecule has 0 aliphatic carbocycles. The Morgan fingerprint density at radius 3 is 2.67 bits per heavy atom. The maximum absolute atomic E-state index is 12.2. The molecule has 0 radical (unpaired) electrons. The van der Waals surface area contributed by atoms with Gasteiger partial charge in [-0.15, -0.1) is 0 Å². The number of nitrogens with one attached hydrogen (secondary N) is 3. The normalized spacial score (nSPS) is 10.7. The van der Waals surface area contributed by atoms with Crippen LogP contribution in [-0.2, 0) is 4.79 Å². The monoisotopic (exact) mass is 362 g/mol. The highest BCUT2D eigenvalue weighted by Gasteiger charge is 2.09. The van der Waals surface area contributed by atoms with Crippen LogP contribution in [-0.4, -0.2) is 27.0 Å². The molecule has 0 aliphatic rings. The third-order valence-corrected chi connectivity index (χ3v) is 3.62. The summed E-state index contributed by atoms with van der Waals surface area (Å²) in [5.41, 5.74) is 8.41. The van der Waals surface area contributed by atoms with Crippen LogP contribution in [0, 0.1) is 0 Å². The van der Waals surface area contributed by atoms with Gasteiger partial charge in [0.15, 0.2) is 0 Å². The second kappa shape index (κ2) is 8.43. The van der Waals surface area contributed by atoms with Crippen molar-refractivity contribution in [3.05, 3.63) is 72.3 Å². The summed E-state index contributed by atoms with van der Waals surface area (Å²) in [6.45, 7) is 0. The highest BCUT2D eigenvalue weighted by atomic mass is 16.2. The molecule has 0 fully saturated rings. The highest BCUT2D eigenvalue weighted by Crippen LogP contribution is 2.17. The van der Waals surface area contributed by atoms with Crippen LogP contribution in [0.4, 0.5) is 17.1 Å². The molecule has 8 nitrogen and oxygen atoms in total. The Kier molecular flexibility index (Phi) is 5.58. The molecule has 0 saturated heterocycles. The minimum Gasteiger partial charge on any atom is -0.397 e. The molecular weight excluding hydrogens is 344 g/mol. The standard InChI is InChI=1S/C19H18N6O2/c20-15-5-1-2-6-16(15)25-19(27)17-9-8-14(12-21-17)24-18(26)7-3-4-13-10-22-23-11-13/h1-6,8-12H,7,20H2,(H,22,23)(H,24,26)(H,25,27)/b4-3+. The molecule has 27 heavy (non-hydrogen) atoms. The molecule has 2 heterocycles. The van der Waals surface area contributed by atoms with E-state index in [2.05, 4.69) is 25.8 Å². The van der Waals surface area contributed by atoms with Crippen molar-refractivity contribution in [2.75, 3.05) is 16.4 Å². The Morgan fingerprint density at radius 1 is 1.11 bits per heavy atom. The van der Waals surface area contributed by atoms with Gasteiger partial charge in [0.05, 0.1) is 29.5 Å². The second-order valence-electron chi connectivity index (χ2n) is 5.66. The van der Waals surface area contributed by atoms with Crippen LogP contribution in [0.2, 0.25) is 0 Å². The molecule has 2 amide bonds. The Hall–Kier alpha value is -3.94. The molecule has 0 spiro atoms. The van der Waals surface area contributed by atoms with Gasteiger partial charge < -0.3 is 16.4 Å². The molecular formula is C19H18N6O2. The van der Waals surface area contributed by atoms with Crippen molar-refractivity contribution in [2.24, 2.45) is 0 Å².